The highest BCUT2D eigenvalue weighted by molar-refractivity contribution is 9.10. The maximum atomic E-state index is 11.0. The number of rotatable bonds is 3. The van der Waals surface area contributed by atoms with Gasteiger partial charge in [0.1, 0.15) is 0 Å². The highest BCUT2D eigenvalue weighted by atomic mass is 79.9. The smallest absolute Gasteiger partial charge is 0.208 e. The molecule has 5 heteroatoms. The quantitative estimate of drug-likeness (QED) is 0.931. The summed E-state index contributed by atoms with van der Waals surface area (Å²) in [4.78, 5) is 0. The van der Waals surface area contributed by atoms with Gasteiger partial charge in [-0.05, 0) is 36.5 Å². The molecule has 0 radical (unpaired) electrons. The van der Waals surface area contributed by atoms with E-state index in [0.717, 1.165) is 17.3 Å². The molecule has 16 heavy (non-hydrogen) atoms. The molecule has 1 fully saturated rings. The molecule has 1 aromatic rings. The van der Waals surface area contributed by atoms with Crippen LogP contribution in [0, 0.1) is 0 Å². The first-order valence-corrected chi connectivity index (χ1v) is 7.85. The van der Waals surface area contributed by atoms with E-state index in [-0.39, 0.29) is 6.04 Å². The predicted molar refractivity (Wildman–Crippen MR) is 67.9 cm³/mol. The van der Waals surface area contributed by atoms with E-state index < -0.39 is 10.0 Å². The Labute approximate surface area is 104 Å². The third kappa shape index (κ3) is 3.06. The van der Waals surface area contributed by atoms with E-state index in [1.165, 1.54) is 11.8 Å². The summed E-state index contributed by atoms with van der Waals surface area (Å²) in [5.41, 5.74) is 1.29. The Morgan fingerprint density at radius 1 is 1.25 bits per heavy atom. The van der Waals surface area contributed by atoms with Crippen molar-refractivity contribution in [2.75, 3.05) is 6.26 Å². The molecule has 2 rings (SSSR count). The van der Waals surface area contributed by atoms with E-state index in [1.807, 2.05) is 12.1 Å². The Kier molecular flexibility index (Phi) is 3.37. The molecule has 0 heterocycles. The number of benzene rings is 1. The van der Waals surface area contributed by atoms with Gasteiger partial charge in [0.25, 0.3) is 0 Å². The predicted octanol–water partition coefficient (Wildman–Crippen LogP) is 2.24. The Morgan fingerprint density at radius 3 is 2.31 bits per heavy atom. The van der Waals surface area contributed by atoms with E-state index in [4.69, 9.17) is 0 Å². The summed E-state index contributed by atoms with van der Waals surface area (Å²) in [6.45, 7) is 0. The lowest BCUT2D eigenvalue weighted by molar-refractivity contribution is 0.327. The van der Waals surface area contributed by atoms with Crippen molar-refractivity contribution in [3.63, 3.8) is 0 Å². The average Bonchev–Trinajstić information content (AvgIpc) is 2.11. The van der Waals surface area contributed by atoms with E-state index >= 15 is 0 Å². The van der Waals surface area contributed by atoms with Crippen LogP contribution in [0.1, 0.15) is 24.3 Å². The first kappa shape index (κ1) is 12.1. The minimum Gasteiger partial charge on any atom is -0.213 e. The van der Waals surface area contributed by atoms with E-state index in [9.17, 15) is 8.42 Å². The summed E-state index contributed by atoms with van der Waals surface area (Å²) in [6, 6.07) is 8.33. The monoisotopic (exact) mass is 303 g/mol. The van der Waals surface area contributed by atoms with Crippen molar-refractivity contribution < 1.29 is 8.42 Å². The Hall–Kier alpha value is -0.390. The van der Waals surface area contributed by atoms with Gasteiger partial charge < -0.3 is 0 Å². The first-order valence-electron chi connectivity index (χ1n) is 5.17. The molecule has 0 saturated heterocycles. The van der Waals surface area contributed by atoms with Gasteiger partial charge in [0.15, 0.2) is 0 Å². The molecule has 0 atom stereocenters. The lowest BCUT2D eigenvalue weighted by Crippen LogP contribution is -2.42. The van der Waals surface area contributed by atoms with Crippen LogP contribution in [-0.4, -0.2) is 20.7 Å². The second-order valence-electron chi connectivity index (χ2n) is 4.31. The maximum absolute atomic E-state index is 11.0. The largest absolute Gasteiger partial charge is 0.213 e. The second kappa shape index (κ2) is 4.47. The Bertz CT molecular complexity index is 463. The number of sulfonamides is 1. The third-order valence-electron chi connectivity index (χ3n) is 2.86. The topological polar surface area (TPSA) is 46.2 Å². The van der Waals surface area contributed by atoms with Gasteiger partial charge >= 0.3 is 0 Å². The van der Waals surface area contributed by atoms with Crippen molar-refractivity contribution in [2.45, 2.75) is 24.8 Å². The highest BCUT2D eigenvalue weighted by Gasteiger charge is 2.31. The fourth-order valence-corrected chi connectivity index (χ4v) is 3.09. The van der Waals surface area contributed by atoms with Crippen LogP contribution in [-0.2, 0) is 10.0 Å². The van der Waals surface area contributed by atoms with E-state index in [0.29, 0.717) is 5.92 Å². The second-order valence-corrected chi connectivity index (χ2v) is 7.00. The Balaban J connectivity index is 1.91. The first-order chi connectivity index (χ1) is 7.44. The average molecular weight is 304 g/mol. The SMILES string of the molecule is CS(=O)(=O)NC1CC(c2ccc(Br)cc2)C1. The standard InChI is InChI=1S/C11H14BrNO2S/c1-16(14,15)13-11-6-9(7-11)8-2-4-10(12)5-3-8/h2-5,9,11,13H,6-7H2,1H3. The highest BCUT2D eigenvalue weighted by Crippen LogP contribution is 2.37. The summed E-state index contributed by atoms with van der Waals surface area (Å²) in [5.74, 6) is 0.493. The summed E-state index contributed by atoms with van der Waals surface area (Å²) in [5, 5.41) is 0. The van der Waals surface area contributed by atoms with Crippen LogP contribution in [0.5, 0.6) is 0 Å². The van der Waals surface area contributed by atoms with Crippen molar-refractivity contribution in [1.29, 1.82) is 0 Å². The normalized spacial score (nSPS) is 25.1. The van der Waals surface area contributed by atoms with Gasteiger partial charge in [-0.1, -0.05) is 28.1 Å². The van der Waals surface area contributed by atoms with Gasteiger partial charge in [-0.3, -0.25) is 0 Å². The van der Waals surface area contributed by atoms with Gasteiger partial charge in [0.2, 0.25) is 10.0 Å². The number of hydrogen-bond donors (Lipinski definition) is 1. The molecule has 88 valence electrons. The number of nitrogens with one attached hydrogen (secondary N) is 1. The lowest BCUT2D eigenvalue weighted by Gasteiger charge is -2.35. The Morgan fingerprint density at radius 2 is 1.81 bits per heavy atom. The molecule has 0 aliphatic heterocycles. The summed E-state index contributed by atoms with van der Waals surface area (Å²) < 4.78 is 25.7. The van der Waals surface area contributed by atoms with Crippen molar-refractivity contribution in [2.24, 2.45) is 0 Å². The van der Waals surface area contributed by atoms with Crippen molar-refractivity contribution in [1.82, 2.24) is 4.72 Å². The molecule has 1 aromatic carbocycles. The molecule has 0 aromatic heterocycles. The molecule has 1 N–H and O–H groups in total. The van der Waals surface area contributed by atoms with Crippen LogP contribution in [0.15, 0.2) is 28.7 Å². The van der Waals surface area contributed by atoms with Crippen LogP contribution in [0.25, 0.3) is 0 Å². The van der Waals surface area contributed by atoms with Crippen LogP contribution >= 0.6 is 15.9 Å². The van der Waals surface area contributed by atoms with Gasteiger partial charge in [-0.25, -0.2) is 13.1 Å². The van der Waals surface area contributed by atoms with Crippen LogP contribution in [0.3, 0.4) is 0 Å². The molecule has 1 aliphatic carbocycles. The lowest BCUT2D eigenvalue weighted by atomic mass is 9.76. The fourth-order valence-electron chi connectivity index (χ4n) is 2.02. The van der Waals surface area contributed by atoms with Crippen LogP contribution in [0.4, 0.5) is 0 Å². The zero-order valence-electron chi connectivity index (χ0n) is 8.98. The van der Waals surface area contributed by atoms with Crippen molar-refractivity contribution >= 4 is 26.0 Å². The fraction of sp³-hybridized carbons (Fsp3) is 0.455. The molecule has 0 bridgehead atoms. The molecule has 0 unspecified atom stereocenters. The van der Waals surface area contributed by atoms with Gasteiger partial charge in [0.05, 0.1) is 6.26 Å². The molecule has 1 saturated carbocycles. The zero-order chi connectivity index (χ0) is 11.8. The molecular weight excluding hydrogens is 290 g/mol. The molecule has 0 spiro atoms. The zero-order valence-corrected chi connectivity index (χ0v) is 11.4. The maximum Gasteiger partial charge on any atom is 0.208 e. The van der Waals surface area contributed by atoms with Crippen LogP contribution in [0.2, 0.25) is 0 Å². The minimum atomic E-state index is -3.05. The molecule has 0 amide bonds. The van der Waals surface area contributed by atoms with Crippen molar-refractivity contribution in [3.8, 4) is 0 Å². The summed E-state index contributed by atoms with van der Waals surface area (Å²) >= 11 is 3.39. The molecule has 1 aliphatic rings. The van der Waals surface area contributed by atoms with Gasteiger partial charge in [-0.2, -0.15) is 0 Å². The van der Waals surface area contributed by atoms with Gasteiger partial charge in [-0.15, -0.1) is 0 Å². The van der Waals surface area contributed by atoms with E-state index in [1.54, 1.807) is 0 Å². The van der Waals surface area contributed by atoms with E-state index in [2.05, 4.69) is 32.8 Å². The minimum absolute atomic E-state index is 0.114. The third-order valence-corrected chi connectivity index (χ3v) is 4.15. The summed E-state index contributed by atoms with van der Waals surface area (Å²) in [7, 11) is -3.05. The number of hydrogen-bond acceptors (Lipinski definition) is 2. The van der Waals surface area contributed by atoms with Crippen molar-refractivity contribution in [3.05, 3.63) is 34.3 Å². The van der Waals surface area contributed by atoms with Gasteiger partial charge in [0, 0.05) is 10.5 Å². The van der Waals surface area contributed by atoms with Crippen LogP contribution < -0.4 is 4.72 Å². The molecular formula is C11H14BrNO2S. The number of halogens is 1. The molecule has 3 nitrogen and oxygen atoms in total. The summed E-state index contributed by atoms with van der Waals surface area (Å²) in [6.07, 6.45) is 3.00.